The smallest absolute Gasteiger partial charge is 0.0266 e. The van der Waals surface area contributed by atoms with E-state index in [0.717, 1.165) is 28.2 Å². The molecule has 0 unspecified atom stereocenters. The van der Waals surface area contributed by atoms with Crippen LogP contribution in [0.2, 0.25) is 0 Å². The van der Waals surface area contributed by atoms with E-state index in [1.54, 1.807) is 0 Å². The summed E-state index contributed by atoms with van der Waals surface area (Å²) in [5.41, 5.74) is 13.2. The summed E-state index contributed by atoms with van der Waals surface area (Å²) in [6.07, 6.45) is 1.88. The van der Waals surface area contributed by atoms with E-state index in [1.165, 1.54) is 33.4 Å². The molecule has 3 heteroatoms. The molecule has 0 saturated heterocycles. The monoisotopic (exact) mass is 701 g/mol. The van der Waals surface area contributed by atoms with Gasteiger partial charge < -0.3 is 9.97 Å². The minimum absolute atomic E-state index is 0. The number of benzene rings is 3. The fraction of sp³-hybridized carbons (Fsp3) is 0.243. The topological polar surface area (TPSA) is 25.8 Å². The third kappa shape index (κ3) is 5.59. The fourth-order valence-corrected chi connectivity index (χ4v) is 5.39. The second kappa shape index (κ2) is 11.6. The Morgan fingerprint density at radius 2 is 1.38 bits per heavy atom. The standard InChI is InChI=1S/C25H26N.C12H10N.Ir/c1-16-7-9-19-20-15-18(23-14-17(2)11-12-26-23)8-10-21(20)24(3,4)25(5,6)22(19)13-16;1-10-6-5-9-12(13-10)11-7-3-2-4-8-11;/h7,9-15H,1-6H3;2-7,9H,1H3;/q2*-1;. The molecule has 1 aliphatic rings. The molecule has 0 saturated carbocycles. The predicted octanol–water partition coefficient (Wildman–Crippen LogP) is 9.26. The van der Waals surface area contributed by atoms with Gasteiger partial charge in [0.05, 0.1) is 0 Å². The van der Waals surface area contributed by atoms with Gasteiger partial charge in [-0.25, -0.2) is 0 Å². The van der Waals surface area contributed by atoms with E-state index in [0.29, 0.717) is 0 Å². The van der Waals surface area contributed by atoms with Crippen LogP contribution in [0.15, 0.2) is 91.1 Å². The van der Waals surface area contributed by atoms with Gasteiger partial charge in [0, 0.05) is 32.0 Å². The molecule has 6 rings (SSSR count). The Kier molecular flexibility index (Phi) is 8.59. The first-order valence-corrected chi connectivity index (χ1v) is 13.6. The van der Waals surface area contributed by atoms with Crippen molar-refractivity contribution in [1.82, 2.24) is 9.97 Å². The van der Waals surface area contributed by atoms with Gasteiger partial charge in [0.25, 0.3) is 0 Å². The Balaban J connectivity index is 0.000000223. The van der Waals surface area contributed by atoms with Gasteiger partial charge in [-0.15, -0.1) is 65.2 Å². The van der Waals surface area contributed by atoms with Crippen molar-refractivity contribution in [2.24, 2.45) is 0 Å². The molecular formula is C37H36IrN2-2. The van der Waals surface area contributed by atoms with E-state index >= 15 is 0 Å². The molecule has 40 heavy (non-hydrogen) atoms. The molecule has 205 valence electrons. The van der Waals surface area contributed by atoms with Crippen molar-refractivity contribution in [3.8, 4) is 33.6 Å². The maximum Gasteiger partial charge on any atom is 0.0266 e. The van der Waals surface area contributed by atoms with Crippen LogP contribution in [0.3, 0.4) is 0 Å². The zero-order chi connectivity index (χ0) is 27.8. The Morgan fingerprint density at radius 3 is 2.08 bits per heavy atom. The molecule has 3 aromatic carbocycles. The summed E-state index contributed by atoms with van der Waals surface area (Å²) in [6.45, 7) is 15.7. The van der Waals surface area contributed by atoms with Crippen LogP contribution < -0.4 is 0 Å². The first-order chi connectivity index (χ1) is 18.6. The first-order valence-electron chi connectivity index (χ1n) is 13.6. The summed E-state index contributed by atoms with van der Waals surface area (Å²) in [5.74, 6) is 0. The zero-order valence-corrected chi connectivity index (χ0v) is 26.8. The van der Waals surface area contributed by atoms with Crippen LogP contribution in [0.25, 0.3) is 33.6 Å². The van der Waals surface area contributed by atoms with Crippen molar-refractivity contribution in [2.75, 3.05) is 0 Å². The molecular weight excluding hydrogens is 665 g/mol. The maximum absolute atomic E-state index is 4.56. The molecule has 0 atom stereocenters. The van der Waals surface area contributed by atoms with Crippen LogP contribution in [-0.4, -0.2) is 9.97 Å². The first kappa shape index (κ1) is 29.6. The second-order valence-electron chi connectivity index (χ2n) is 11.6. The zero-order valence-electron chi connectivity index (χ0n) is 24.4. The number of nitrogens with zero attached hydrogens (tertiary/aromatic N) is 2. The molecule has 1 aliphatic carbocycles. The van der Waals surface area contributed by atoms with Crippen molar-refractivity contribution in [1.29, 1.82) is 0 Å². The van der Waals surface area contributed by atoms with Crippen LogP contribution in [0.5, 0.6) is 0 Å². The van der Waals surface area contributed by atoms with Gasteiger partial charge in [-0.3, -0.25) is 0 Å². The van der Waals surface area contributed by atoms with Crippen LogP contribution in [0.4, 0.5) is 0 Å². The third-order valence-corrected chi connectivity index (χ3v) is 8.39. The van der Waals surface area contributed by atoms with E-state index in [9.17, 15) is 0 Å². The molecule has 0 spiro atoms. The molecule has 2 aromatic heterocycles. The minimum Gasteiger partial charge on any atom is -0.305 e. The Bertz CT molecular complexity index is 1630. The third-order valence-electron chi connectivity index (χ3n) is 8.39. The normalized spacial score (nSPS) is 14.1. The Hall–Kier alpha value is -3.39. The SMILES string of the molecule is Cc1cccc(-c2[c-]cccc2)n1.Cc1ccnc(-c2[c-]cc3c(c2)-c2ccc(C)cc2C(C)(C)C3(C)C)c1.[Ir]. The number of aryl methyl sites for hydroxylation is 3. The van der Waals surface area contributed by atoms with Gasteiger partial charge in [0.1, 0.15) is 0 Å². The molecule has 0 aliphatic heterocycles. The van der Waals surface area contributed by atoms with Gasteiger partial charge in [0.15, 0.2) is 0 Å². The number of rotatable bonds is 2. The van der Waals surface area contributed by atoms with Crippen LogP contribution in [0.1, 0.15) is 55.6 Å². The van der Waals surface area contributed by atoms with Gasteiger partial charge in [0.2, 0.25) is 0 Å². The fourth-order valence-electron chi connectivity index (χ4n) is 5.39. The van der Waals surface area contributed by atoms with Crippen LogP contribution in [-0.2, 0) is 30.9 Å². The van der Waals surface area contributed by atoms with E-state index < -0.39 is 0 Å². The molecule has 2 heterocycles. The van der Waals surface area contributed by atoms with Crippen molar-refractivity contribution in [3.63, 3.8) is 0 Å². The van der Waals surface area contributed by atoms with Gasteiger partial charge in [-0.1, -0.05) is 80.8 Å². The number of aromatic nitrogens is 2. The number of pyridine rings is 2. The minimum atomic E-state index is 0. The second-order valence-corrected chi connectivity index (χ2v) is 11.6. The van der Waals surface area contributed by atoms with E-state index in [-0.39, 0.29) is 30.9 Å². The van der Waals surface area contributed by atoms with Gasteiger partial charge in [-0.2, -0.15) is 0 Å². The molecule has 1 radical (unpaired) electrons. The van der Waals surface area contributed by atoms with Crippen LogP contribution >= 0.6 is 0 Å². The summed E-state index contributed by atoms with van der Waals surface area (Å²) in [6, 6.07) is 36.0. The largest absolute Gasteiger partial charge is 0.305 e. The predicted molar refractivity (Wildman–Crippen MR) is 163 cm³/mol. The summed E-state index contributed by atoms with van der Waals surface area (Å²) >= 11 is 0. The van der Waals surface area contributed by atoms with Crippen molar-refractivity contribution in [2.45, 2.75) is 59.3 Å². The van der Waals surface area contributed by atoms with Gasteiger partial charge in [-0.05, 0) is 66.2 Å². The summed E-state index contributed by atoms with van der Waals surface area (Å²) in [7, 11) is 0. The van der Waals surface area contributed by atoms with E-state index in [4.69, 9.17) is 0 Å². The van der Waals surface area contributed by atoms with Crippen molar-refractivity contribution in [3.05, 3.63) is 131 Å². The van der Waals surface area contributed by atoms with Crippen molar-refractivity contribution >= 4 is 0 Å². The Labute approximate surface area is 253 Å². The molecule has 0 amide bonds. The number of hydrogen-bond acceptors (Lipinski definition) is 2. The summed E-state index contributed by atoms with van der Waals surface area (Å²) < 4.78 is 0. The van der Waals surface area contributed by atoms with Crippen molar-refractivity contribution < 1.29 is 20.1 Å². The van der Waals surface area contributed by atoms with E-state index in [2.05, 4.69) is 100 Å². The van der Waals surface area contributed by atoms with E-state index in [1.807, 2.05) is 61.7 Å². The average Bonchev–Trinajstić information content (AvgIpc) is 2.93. The summed E-state index contributed by atoms with van der Waals surface area (Å²) in [4.78, 5) is 8.97. The van der Waals surface area contributed by atoms with Crippen LogP contribution in [0, 0.1) is 32.9 Å². The quantitative estimate of drug-likeness (QED) is 0.172. The average molecular weight is 701 g/mol. The molecule has 0 N–H and O–H groups in total. The summed E-state index contributed by atoms with van der Waals surface area (Å²) in [5, 5.41) is 0. The molecule has 2 nitrogen and oxygen atoms in total. The molecule has 0 fully saturated rings. The Morgan fingerprint density at radius 1 is 0.625 bits per heavy atom. The number of hydrogen-bond donors (Lipinski definition) is 0. The maximum atomic E-state index is 4.56. The molecule has 5 aromatic rings. The molecule has 0 bridgehead atoms. The van der Waals surface area contributed by atoms with Gasteiger partial charge >= 0.3 is 0 Å². The number of fused-ring (bicyclic) bond motifs is 3.